The standard InChI is InChI=1S/C16H25NO2/c1-4-19-15-10-7-13(11-16(15)18-3)12-5-8-14(17-2)9-6-12/h7,10-12,14,17H,4-6,8-9H2,1-3H3. The van der Waals surface area contributed by atoms with Crippen LogP contribution in [0.3, 0.4) is 0 Å². The first-order chi connectivity index (χ1) is 9.28. The number of nitrogens with one attached hydrogen (secondary N) is 1. The Labute approximate surface area is 116 Å². The third kappa shape index (κ3) is 3.41. The quantitative estimate of drug-likeness (QED) is 0.884. The van der Waals surface area contributed by atoms with Crippen LogP contribution in [0.5, 0.6) is 11.5 Å². The molecule has 0 aliphatic heterocycles. The first-order valence-electron chi connectivity index (χ1n) is 7.26. The molecule has 2 rings (SSSR count). The summed E-state index contributed by atoms with van der Waals surface area (Å²) in [6, 6.07) is 7.08. The first kappa shape index (κ1) is 14.2. The Morgan fingerprint density at radius 2 is 1.89 bits per heavy atom. The highest BCUT2D eigenvalue weighted by Gasteiger charge is 2.22. The van der Waals surface area contributed by atoms with Gasteiger partial charge in [0.1, 0.15) is 0 Å². The first-order valence-corrected chi connectivity index (χ1v) is 7.26. The normalized spacial score (nSPS) is 23.1. The van der Waals surface area contributed by atoms with E-state index < -0.39 is 0 Å². The van der Waals surface area contributed by atoms with Crippen LogP contribution < -0.4 is 14.8 Å². The molecule has 0 unspecified atom stereocenters. The maximum atomic E-state index is 5.57. The molecular formula is C16H25NO2. The molecule has 1 aliphatic rings. The van der Waals surface area contributed by atoms with E-state index in [0.717, 1.165) is 11.5 Å². The monoisotopic (exact) mass is 263 g/mol. The minimum absolute atomic E-state index is 0.661. The molecule has 0 amide bonds. The molecule has 0 bridgehead atoms. The minimum Gasteiger partial charge on any atom is -0.493 e. The van der Waals surface area contributed by atoms with Gasteiger partial charge in [0.15, 0.2) is 11.5 Å². The molecule has 1 saturated carbocycles. The summed E-state index contributed by atoms with van der Waals surface area (Å²) in [5, 5.41) is 3.38. The number of benzene rings is 1. The SMILES string of the molecule is CCOc1ccc(C2CCC(NC)CC2)cc1OC. The van der Waals surface area contributed by atoms with Crippen LogP contribution in [0.2, 0.25) is 0 Å². The van der Waals surface area contributed by atoms with E-state index in [1.54, 1.807) is 7.11 Å². The third-order valence-corrected chi connectivity index (χ3v) is 4.09. The van der Waals surface area contributed by atoms with Gasteiger partial charge in [-0.3, -0.25) is 0 Å². The zero-order valence-corrected chi connectivity index (χ0v) is 12.2. The lowest BCUT2D eigenvalue weighted by Gasteiger charge is -2.28. The molecule has 0 aromatic heterocycles. The van der Waals surface area contributed by atoms with Crippen LogP contribution in [-0.4, -0.2) is 26.8 Å². The second kappa shape index (κ2) is 6.80. The zero-order valence-electron chi connectivity index (χ0n) is 12.2. The molecule has 1 fully saturated rings. The van der Waals surface area contributed by atoms with Gasteiger partial charge < -0.3 is 14.8 Å². The van der Waals surface area contributed by atoms with Gasteiger partial charge in [-0.15, -0.1) is 0 Å². The topological polar surface area (TPSA) is 30.5 Å². The van der Waals surface area contributed by atoms with Crippen LogP contribution in [0.1, 0.15) is 44.1 Å². The fourth-order valence-electron chi connectivity index (χ4n) is 2.93. The molecule has 3 heteroatoms. The van der Waals surface area contributed by atoms with Gasteiger partial charge in [0, 0.05) is 6.04 Å². The molecular weight excluding hydrogens is 238 g/mol. The summed E-state index contributed by atoms with van der Waals surface area (Å²) in [6.45, 7) is 2.66. The van der Waals surface area contributed by atoms with Crippen molar-refractivity contribution in [3.8, 4) is 11.5 Å². The Bertz CT molecular complexity index is 398. The van der Waals surface area contributed by atoms with Gasteiger partial charge in [-0.05, 0) is 63.3 Å². The van der Waals surface area contributed by atoms with Crippen molar-refractivity contribution in [2.75, 3.05) is 20.8 Å². The molecule has 0 spiro atoms. The van der Waals surface area contributed by atoms with E-state index in [0.29, 0.717) is 18.6 Å². The van der Waals surface area contributed by atoms with Gasteiger partial charge in [-0.1, -0.05) is 6.07 Å². The summed E-state index contributed by atoms with van der Waals surface area (Å²) in [5.74, 6) is 2.36. The van der Waals surface area contributed by atoms with Gasteiger partial charge in [-0.2, -0.15) is 0 Å². The molecule has 19 heavy (non-hydrogen) atoms. The van der Waals surface area contributed by atoms with Crippen LogP contribution >= 0.6 is 0 Å². The van der Waals surface area contributed by atoms with E-state index in [-0.39, 0.29) is 0 Å². The highest BCUT2D eigenvalue weighted by Crippen LogP contribution is 2.37. The van der Waals surface area contributed by atoms with E-state index in [9.17, 15) is 0 Å². The van der Waals surface area contributed by atoms with Crippen molar-refractivity contribution in [2.24, 2.45) is 0 Å². The molecule has 106 valence electrons. The van der Waals surface area contributed by atoms with Crippen molar-refractivity contribution in [1.82, 2.24) is 5.32 Å². The summed E-state index contributed by atoms with van der Waals surface area (Å²) in [4.78, 5) is 0. The highest BCUT2D eigenvalue weighted by molar-refractivity contribution is 5.44. The van der Waals surface area contributed by atoms with Crippen molar-refractivity contribution >= 4 is 0 Å². The van der Waals surface area contributed by atoms with Gasteiger partial charge in [0.25, 0.3) is 0 Å². The number of methoxy groups -OCH3 is 1. The zero-order chi connectivity index (χ0) is 13.7. The second-order valence-electron chi connectivity index (χ2n) is 5.18. The summed E-state index contributed by atoms with van der Waals surface area (Å²) in [5.41, 5.74) is 1.38. The van der Waals surface area contributed by atoms with Crippen molar-refractivity contribution in [2.45, 2.75) is 44.6 Å². The van der Waals surface area contributed by atoms with E-state index in [1.807, 2.05) is 13.0 Å². The summed E-state index contributed by atoms with van der Waals surface area (Å²) in [7, 11) is 3.77. The number of ether oxygens (including phenoxy) is 2. The lowest BCUT2D eigenvalue weighted by Crippen LogP contribution is -2.29. The number of hydrogen-bond donors (Lipinski definition) is 1. The Hall–Kier alpha value is -1.22. The van der Waals surface area contributed by atoms with Crippen LogP contribution in [-0.2, 0) is 0 Å². The average molecular weight is 263 g/mol. The molecule has 1 N–H and O–H groups in total. The lowest BCUT2D eigenvalue weighted by atomic mass is 9.82. The van der Waals surface area contributed by atoms with Gasteiger partial charge in [0.05, 0.1) is 13.7 Å². The fraction of sp³-hybridized carbons (Fsp3) is 0.625. The molecule has 1 aromatic rings. The Morgan fingerprint density at radius 1 is 1.16 bits per heavy atom. The predicted molar refractivity (Wildman–Crippen MR) is 78.2 cm³/mol. The number of hydrogen-bond acceptors (Lipinski definition) is 3. The van der Waals surface area contributed by atoms with E-state index in [4.69, 9.17) is 9.47 Å². The number of rotatable bonds is 5. The van der Waals surface area contributed by atoms with Crippen molar-refractivity contribution in [3.63, 3.8) is 0 Å². The molecule has 0 saturated heterocycles. The molecule has 1 aliphatic carbocycles. The van der Waals surface area contributed by atoms with Crippen molar-refractivity contribution in [1.29, 1.82) is 0 Å². The Morgan fingerprint density at radius 3 is 2.47 bits per heavy atom. The summed E-state index contributed by atoms with van der Waals surface area (Å²) < 4.78 is 11.0. The van der Waals surface area contributed by atoms with Crippen LogP contribution in [0.4, 0.5) is 0 Å². The maximum Gasteiger partial charge on any atom is 0.161 e. The molecule has 0 heterocycles. The van der Waals surface area contributed by atoms with Crippen LogP contribution in [0, 0.1) is 0 Å². The fourth-order valence-corrected chi connectivity index (χ4v) is 2.93. The summed E-state index contributed by atoms with van der Waals surface area (Å²) in [6.07, 6.45) is 5.03. The van der Waals surface area contributed by atoms with Crippen LogP contribution in [0.25, 0.3) is 0 Å². The van der Waals surface area contributed by atoms with Gasteiger partial charge in [0.2, 0.25) is 0 Å². The van der Waals surface area contributed by atoms with E-state index >= 15 is 0 Å². The molecule has 1 aromatic carbocycles. The highest BCUT2D eigenvalue weighted by atomic mass is 16.5. The van der Waals surface area contributed by atoms with Gasteiger partial charge in [-0.25, -0.2) is 0 Å². The minimum atomic E-state index is 0.661. The Balaban J connectivity index is 2.08. The summed E-state index contributed by atoms with van der Waals surface area (Å²) >= 11 is 0. The van der Waals surface area contributed by atoms with E-state index in [2.05, 4.69) is 24.5 Å². The molecule has 0 atom stereocenters. The smallest absolute Gasteiger partial charge is 0.161 e. The largest absolute Gasteiger partial charge is 0.493 e. The van der Waals surface area contributed by atoms with Crippen molar-refractivity contribution < 1.29 is 9.47 Å². The molecule has 3 nitrogen and oxygen atoms in total. The maximum absolute atomic E-state index is 5.57. The lowest BCUT2D eigenvalue weighted by molar-refractivity contribution is 0.309. The molecule has 0 radical (unpaired) electrons. The predicted octanol–water partition coefficient (Wildman–Crippen LogP) is 3.34. The van der Waals surface area contributed by atoms with Crippen LogP contribution in [0.15, 0.2) is 18.2 Å². The average Bonchev–Trinajstić information content (AvgIpc) is 2.48. The van der Waals surface area contributed by atoms with E-state index in [1.165, 1.54) is 31.2 Å². The van der Waals surface area contributed by atoms with Crippen molar-refractivity contribution in [3.05, 3.63) is 23.8 Å². The van der Waals surface area contributed by atoms with Gasteiger partial charge >= 0.3 is 0 Å². The Kier molecular flexibility index (Phi) is 5.08. The third-order valence-electron chi connectivity index (χ3n) is 4.09. The second-order valence-corrected chi connectivity index (χ2v) is 5.18.